The van der Waals surface area contributed by atoms with Crippen LogP contribution in [0.3, 0.4) is 0 Å². The summed E-state index contributed by atoms with van der Waals surface area (Å²) in [5.74, 6) is 0.0758. The lowest BCUT2D eigenvalue weighted by Gasteiger charge is -2.31. The summed E-state index contributed by atoms with van der Waals surface area (Å²) in [7, 11) is 0. The topological polar surface area (TPSA) is 59.5 Å². The van der Waals surface area contributed by atoms with Gasteiger partial charge in [0.1, 0.15) is 5.69 Å². The van der Waals surface area contributed by atoms with E-state index < -0.39 is 5.97 Å². The van der Waals surface area contributed by atoms with Crippen molar-refractivity contribution in [3.8, 4) is 0 Å². The molecule has 1 aliphatic carbocycles. The Morgan fingerprint density at radius 3 is 2.75 bits per heavy atom. The third-order valence-electron chi connectivity index (χ3n) is 3.55. The number of aromatic nitrogens is 1. The molecule has 0 bridgehead atoms. The minimum absolute atomic E-state index is 0.0915. The van der Waals surface area contributed by atoms with Crippen LogP contribution in [0.2, 0.25) is 0 Å². The van der Waals surface area contributed by atoms with Crippen LogP contribution in [0.4, 0.5) is 0 Å². The van der Waals surface area contributed by atoms with E-state index in [1.165, 1.54) is 19.3 Å². The maximum Gasteiger partial charge on any atom is 0.367 e. The van der Waals surface area contributed by atoms with E-state index in [0.717, 1.165) is 17.9 Å². The van der Waals surface area contributed by atoms with E-state index in [0.29, 0.717) is 24.8 Å². The number of esters is 1. The molecule has 1 aromatic rings. The summed E-state index contributed by atoms with van der Waals surface area (Å²) in [6.07, 6.45) is 3.67. The van der Waals surface area contributed by atoms with E-state index in [1.807, 2.05) is 11.8 Å². The molecular weight excluding hydrogens is 276 g/mol. The molecule has 20 heavy (non-hydrogen) atoms. The fourth-order valence-corrected chi connectivity index (χ4v) is 2.85. The maximum absolute atomic E-state index is 12.4. The van der Waals surface area contributed by atoms with Gasteiger partial charge in [-0.2, -0.15) is 0 Å². The largest absolute Gasteiger partial charge is 0.461 e. The molecule has 0 N–H and O–H groups in total. The predicted octanol–water partition coefficient (Wildman–Crippen LogP) is 2.58. The van der Waals surface area contributed by atoms with E-state index in [-0.39, 0.29) is 10.9 Å². The van der Waals surface area contributed by atoms with Gasteiger partial charge in [0, 0.05) is 18.5 Å². The molecule has 1 saturated carbocycles. The van der Waals surface area contributed by atoms with Gasteiger partial charge >= 0.3 is 5.97 Å². The molecule has 0 atom stereocenters. The van der Waals surface area contributed by atoms with Gasteiger partial charge in [-0.3, -0.25) is 4.79 Å². The molecule has 1 heterocycles. The molecule has 0 spiro atoms. The first-order valence-electron chi connectivity index (χ1n) is 7.07. The average Bonchev–Trinajstić information content (AvgIpc) is 2.87. The molecule has 2 rings (SSSR count). The van der Waals surface area contributed by atoms with Gasteiger partial charge in [-0.05, 0) is 32.6 Å². The highest BCUT2D eigenvalue weighted by Crippen LogP contribution is 2.27. The lowest BCUT2D eigenvalue weighted by atomic mass is 9.85. The van der Waals surface area contributed by atoms with Gasteiger partial charge in [-0.1, -0.05) is 6.42 Å². The summed E-state index contributed by atoms with van der Waals surface area (Å²) in [6, 6.07) is 0. The third-order valence-corrected chi connectivity index (χ3v) is 4.37. The van der Waals surface area contributed by atoms with E-state index >= 15 is 0 Å². The summed E-state index contributed by atoms with van der Waals surface area (Å²) in [6.45, 7) is 5.48. The van der Waals surface area contributed by atoms with Crippen molar-refractivity contribution >= 4 is 23.2 Å². The van der Waals surface area contributed by atoms with Crippen molar-refractivity contribution in [2.45, 2.75) is 33.1 Å². The lowest BCUT2D eigenvalue weighted by molar-refractivity contribution is 0.0525. The summed E-state index contributed by atoms with van der Waals surface area (Å²) in [5.41, 5.74) is 0.347. The van der Waals surface area contributed by atoms with E-state index in [1.54, 1.807) is 12.3 Å². The minimum atomic E-state index is -0.460. The molecule has 1 amide bonds. The van der Waals surface area contributed by atoms with E-state index in [2.05, 4.69) is 4.98 Å². The third kappa shape index (κ3) is 3.36. The number of hydrogen-bond donors (Lipinski definition) is 0. The zero-order valence-corrected chi connectivity index (χ0v) is 12.7. The van der Waals surface area contributed by atoms with Crippen LogP contribution in [0.5, 0.6) is 0 Å². The van der Waals surface area contributed by atoms with Crippen molar-refractivity contribution in [2.24, 2.45) is 5.92 Å². The molecule has 5 nitrogen and oxygen atoms in total. The van der Waals surface area contributed by atoms with Crippen LogP contribution in [0, 0.1) is 5.92 Å². The molecule has 1 aromatic heterocycles. The first-order valence-corrected chi connectivity index (χ1v) is 7.95. The van der Waals surface area contributed by atoms with Gasteiger partial charge in [0.05, 0.1) is 6.61 Å². The molecule has 110 valence electrons. The van der Waals surface area contributed by atoms with Gasteiger partial charge in [0.2, 0.25) is 5.01 Å². The second-order valence-electron chi connectivity index (χ2n) is 4.90. The van der Waals surface area contributed by atoms with Crippen LogP contribution < -0.4 is 0 Å². The van der Waals surface area contributed by atoms with E-state index in [4.69, 9.17) is 4.74 Å². The van der Waals surface area contributed by atoms with Crippen molar-refractivity contribution in [1.29, 1.82) is 0 Å². The Hall–Kier alpha value is -1.43. The van der Waals surface area contributed by atoms with Crippen molar-refractivity contribution in [3.05, 3.63) is 16.1 Å². The number of amides is 1. The van der Waals surface area contributed by atoms with Crippen molar-refractivity contribution in [2.75, 3.05) is 19.7 Å². The number of rotatable bonds is 6. The van der Waals surface area contributed by atoms with Gasteiger partial charge < -0.3 is 9.64 Å². The van der Waals surface area contributed by atoms with Crippen LogP contribution in [0.25, 0.3) is 0 Å². The van der Waals surface area contributed by atoms with Gasteiger partial charge in [-0.15, -0.1) is 11.3 Å². The second kappa shape index (κ2) is 6.83. The second-order valence-corrected chi connectivity index (χ2v) is 5.76. The first-order chi connectivity index (χ1) is 9.65. The molecule has 0 unspecified atom stereocenters. The number of thiazole rings is 1. The Bertz CT molecular complexity index is 483. The SMILES string of the molecule is CCOC(=O)c1nc(C(=O)N(CC)CC2CCC2)cs1. The molecule has 0 aliphatic heterocycles. The van der Waals surface area contributed by atoms with Crippen LogP contribution in [0.15, 0.2) is 5.38 Å². The van der Waals surface area contributed by atoms with Gasteiger partial charge in [0.25, 0.3) is 5.91 Å². The smallest absolute Gasteiger partial charge is 0.367 e. The molecule has 0 radical (unpaired) electrons. The van der Waals surface area contributed by atoms with Gasteiger partial charge in [-0.25, -0.2) is 9.78 Å². The zero-order valence-electron chi connectivity index (χ0n) is 11.9. The highest BCUT2D eigenvalue weighted by Gasteiger charge is 2.25. The van der Waals surface area contributed by atoms with Crippen LogP contribution in [-0.2, 0) is 4.74 Å². The minimum Gasteiger partial charge on any atom is -0.461 e. The molecule has 1 aliphatic rings. The Morgan fingerprint density at radius 1 is 1.45 bits per heavy atom. The Balaban J connectivity index is 2.01. The molecular formula is C14H20N2O3S. The van der Waals surface area contributed by atoms with Crippen molar-refractivity contribution < 1.29 is 14.3 Å². The summed E-state index contributed by atoms with van der Waals surface area (Å²) >= 11 is 1.16. The standard InChI is InChI=1S/C14H20N2O3S/c1-3-16(8-10-6-5-7-10)13(17)11-9-20-12(15-11)14(18)19-4-2/h9-10H,3-8H2,1-2H3. The summed E-state index contributed by atoms with van der Waals surface area (Å²) in [5, 5.41) is 1.88. The van der Waals surface area contributed by atoms with Crippen LogP contribution in [-0.4, -0.2) is 41.5 Å². The normalized spacial score (nSPS) is 14.7. The molecule has 0 aromatic carbocycles. The Morgan fingerprint density at radius 2 is 2.20 bits per heavy atom. The molecule has 1 fully saturated rings. The summed E-state index contributed by atoms with van der Waals surface area (Å²) < 4.78 is 4.88. The Kier molecular flexibility index (Phi) is 5.11. The quantitative estimate of drug-likeness (QED) is 0.757. The molecule has 0 saturated heterocycles. The van der Waals surface area contributed by atoms with Crippen LogP contribution >= 0.6 is 11.3 Å². The fourth-order valence-electron chi connectivity index (χ4n) is 2.16. The number of ether oxygens (including phenoxy) is 1. The monoisotopic (exact) mass is 296 g/mol. The number of carbonyl (C=O) groups is 2. The maximum atomic E-state index is 12.4. The lowest BCUT2D eigenvalue weighted by Crippen LogP contribution is -2.37. The Labute approximate surface area is 122 Å². The number of nitrogens with zero attached hydrogens (tertiary/aromatic N) is 2. The number of carbonyl (C=O) groups excluding carboxylic acids is 2. The first kappa shape index (κ1) is 15.0. The van der Waals surface area contributed by atoms with E-state index in [9.17, 15) is 9.59 Å². The average molecular weight is 296 g/mol. The van der Waals surface area contributed by atoms with Crippen molar-refractivity contribution in [3.63, 3.8) is 0 Å². The van der Waals surface area contributed by atoms with Gasteiger partial charge in [0.15, 0.2) is 0 Å². The zero-order chi connectivity index (χ0) is 14.5. The fraction of sp³-hybridized carbons (Fsp3) is 0.643. The predicted molar refractivity (Wildman–Crippen MR) is 77.0 cm³/mol. The highest BCUT2D eigenvalue weighted by molar-refractivity contribution is 7.11. The van der Waals surface area contributed by atoms with Crippen molar-refractivity contribution in [1.82, 2.24) is 9.88 Å². The summed E-state index contributed by atoms with van der Waals surface area (Å²) in [4.78, 5) is 29.8. The number of hydrogen-bond acceptors (Lipinski definition) is 5. The molecule has 6 heteroatoms. The highest BCUT2D eigenvalue weighted by atomic mass is 32.1. The van der Waals surface area contributed by atoms with Crippen LogP contribution in [0.1, 0.15) is 53.4 Å².